The molecule has 0 saturated carbocycles. The SMILES string of the molecule is COc1c(OCO)cc(C)c2c1C(=O)O[C@H](C)C2. The summed E-state index contributed by atoms with van der Waals surface area (Å²) < 4.78 is 15.5. The molecule has 5 heteroatoms. The van der Waals surface area contributed by atoms with E-state index in [4.69, 9.17) is 19.3 Å². The number of esters is 1. The molecule has 0 aromatic heterocycles. The van der Waals surface area contributed by atoms with Crippen LogP contribution in [0.2, 0.25) is 0 Å². The summed E-state index contributed by atoms with van der Waals surface area (Å²) >= 11 is 0. The lowest BCUT2D eigenvalue weighted by Crippen LogP contribution is -2.26. The van der Waals surface area contributed by atoms with Crippen molar-refractivity contribution in [3.05, 3.63) is 22.8 Å². The third-order valence-electron chi connectivity index (χ3n) is 3.00. The van der Waals surface area contributed by atoms with Crippen molar-refractivity contribution >= 4 is 5.97 Å². The van der Waals surface area contributed by atoms with E-state index in [1.807, 2.05) is 13.8 Å². The third-order valence-corrected chi connectivity index (χ3v) is 3.00. The van der Waals surface area contributed by atoms with Gasteiger partial charge in [0.05, 0.1) is 7.11 Å². The molecule has 1 N–H and O–H groups in total. The van der Waals surface area contributed by atoms with Crippen molar-refractivity contribution in [1.82, 2.24) is 0 Å². The molecule has 98 valence electrons. The Labute approximate surface area is 105 Å². The molecular weight excluding hydrogens is 236 g/mol. The van der Waals surface area contributed by atoms with Crippen molar-refractivity contribution in [2.45, 2.75) is 26.4 Å². The Morgan fingerprint density at radius 2 is 2.28 bits per heavy atom. The van der Waals surface area contributed by atoms with Crippen molar-refractivity contribution in [2.24, 2.45) is 0 Å². The number of hydrogen-bond donors (Lipinski definition) is 1. The maximum Gasteiger partial charge on any atom is 0.342 e. The van der Waals surface area contributed by atoms with E-state index in [-0.39, 0.29) is 6.10 Å². The predicted octanol–water partition coefficient (Wildman–Crippen LogP) is 1.43. The highest BCUT2D eigenvalue weighted by Crippen LogP contribution is 2.39. The van der Waals surface area contributed by atoms with Gasteiger partial charge < -0.3 is 19.3 Å². The zero-order chi connectivity index (χ0) is 13.3. The van der Waals surface area contributed by atoms with Crippen LogP contribution in [0, 0.1) is 6.92 Å². The van der Waals surface area contributed by atoms with E-state index >= 15 is 0 Å². The Morgan fingerprint density at radius 3 is 2.89 bits per heavy atom. The fraction of sp³-hybridized carbons (Fsp3) is 0.462. The van der Waals surface area contributed by atoms with E-state index in [0.717, 1.165) is 11.1 Å². The first kappa shape index (κ1) is 12.7. The van der Waals surface area contributed by atoms with Gasteiger partial charge in [-0.3, -0.25) is 0 Å². The fourth-order valence-corrected chi connectivity index (χ4v) is 2.24. The molecule has 0 spiro atoms. The summed E-state index contributed by atoms with van der Waals surface area (Å²) in [7, 11) is 1.46. The van der Waals surface area contributed by atoms with Crippen LogP contribution in [0.15, 0.2) is 6.07 Å². The van der Waals surface area contributed by atoms with E-state index in [2.05, 4.69) is 0 Å². The number of benzene rings is 1. The van der Waals surface area contributed by atoms with Gasteiger partial charge >= 0.3 is 5.97 Å². The molecular formula is C13H16O5. The van der Waals surface area contributed by atoms with Crippen LogP contribution in [0.5, 0.6) is 11.5 Å². The highest BCUT2D eigenvalue weighted by molar-refractivity contribution is 5.96. The second-order valence-electron chi connectivity index (χ2n) is 4.27. The van der Waals surface area contributed by atoms with E-state index in [0.29, 0.717) is 23.5 Å². The van der Waals surface area contributed by atoms with Crippen LogP contribution in [0.4, 0.5) is 0 Å². The second kappa shape index (κ2) is 4.86. The average molecular weight is 252 g/mol. The molecule has 1 atom stereocenters. The largest absolute Gasteiger partial charge is 0.492 e. The number of methoxy groups -OCH3 is 1. The first-order valence-electron chi connectivity index (χ1n) is 5.73. The maximum absolute atomic E-state index is 12.0. The topological polar surface area (TPSA) is 65.0 Å². The zero-order valence-electron chi connectivity index (χ0n) is 10.6. The van der Waals surface area contributed by atoms with Crippen LogP contribution in [0.1, 0.15) is 28.4 Å². The lowest BCUT2D eigenvalue weighted by Gasteiger charge is -2.26. The Balaban J connectivity index is 2.62. The standard InChI is InChI=1S/C13H16O5/c1-7-4-10(17-6-14)12(16-3)11-9(7)5-8(2)18-13(11)15/h4,8,14H,5-6H2,1-3H3/t8-/m1/s1. The summed E-state index contributed by atoms with van der Waals surface area (Å²) in [5.41, 5.74) is 2.25. The maximum atomic E-state index is 12.0. The predicted molar refractivity (Wildman–Crippen MR) is 64.0 cm³/mol. The molecule has 0 amide bonds. The number of cyclic esters (lactones) is 1. The van der Waals surface area contributed by atoms with Crippen LogP contribution >= 0.6 is 0 Å². The fourth-order valence-electron chi connectivity index (χ4n) is 2.24. The number of fused-ring (bicyclic) bond motifs is 1. The zero-order valence-corrected chi connectivity index (χ0v) is 10.6. The molecule has 0 bridgehead atoms. The number of aliphatic hydroxyl groups is 1. The van der Waals surface area contributed by atoms with Gasteiger partial charge in [0.15, 0.2) is 18.3 Å². The minimum absolute atomic E-state index is 0.141. The lowest BCUT2D eigenvalue weighted by atomic mass is 9.93. The monoisotopic (exact) mass is 252 g/mol. The van der Waals surface area contributed by atoms with E-state index in [9.17, 15) is 4.79 Å². The van der Waals surface area contributed by atoms with Gasteiger partial charge in [-0.25, -0.2) is 4.79 Å². The smallest absolute Gasteiger partial charge is 0.342 e. The van der Waals surface area contributed by atoms with Crippen LogP contribution < -0.4 is 9.47 Å². The molecule has 0 aliphatic carbocycles. The van der Waals surface area contributed by atoms with E-state index < -0.39 is 12.8 Å². The van der Waals surface area contributed by atoms with Crippen LogP contribution in [-0.2, 0) is 11.2 Å². The summed E-state index contributed by atoms with van der Waals surface area (Å²) in [5, 5.41) is 8.85. The summed E-state index contributed by atoms with van der Waals surface area (Å²) in [6.45, 7) is 3.28. The van der Waals surface area contributed by atoms with Gasteiger partial charge in [-0.1, -0.05) is 0 Å². The van der Waals surface area contributed by atoms with Crippen molar-refractivity contribution in [2.75, 3.05) is 13.9 Å². The molecule has 1 aliphatic rings. The molecule has 0 unspecified atom stereocenters. The molecule has 5 nitrogen and oxygen atoms in total. The third kappa shape index (κ3) is 2.01. The van der Waals surface area contributed by atoms with Gasteiger partial charge in [-0.05, 0) is 31.0 Å². The molecule has 1 heterocycles. The quantitative estimate of drug-likeness (QED) is 0.651. The van der Waals surface area contributed by atoms with Crippen LogP contribution in [-0.4, -0.2) is 31.1 Å². The Morgan fingerprint density at radius 1 is 1.56 bits per heavy atom. The first-order valence-corrected chi connectivity index (χ1v) is 5.73. The summed E-state index contributed by atoms with van der Waals surface area (Å²) in [5.74, 6) is 0.261. The normalized spacial score (nSPS) is 18.0. The number of aliphatic hydroxyl groups excluding tert-OH is 1. The van der Waals surface area contributed by atoms with Gasteiger partial charge in [0.1, 0.15) is 11.7 Å². The Bertz CT molecular complexity index is 481. The van der Waals surface area contributed by atoms with Gasteiger partial charge in [0, 0.05) is 6.42 Å². The molecule has 18 heavy (non-hydrogen) atoms. The minimum Gasteiger partial charge on any atom is -0.492 e. The van der Waals surface area contributed by atoms with Crippen molar-refractivity contribution < 1.29 is 24.1 Å². The summed E-state index contributed by atoms with van der Waals surface area (Å²) in [6, 6.07) is 1.76. The number of carbonyl (C=O) groups excluding carboxylic acids is 1. The van der Waals surface area contributed by atoms with Gasteiger partial charge in [-0.15, -0.1) is 0 Å². The lowest BCUT2D eigenvalue weighted by molar-refractivity contribution is 0.0292. The average Bonchev–Trinajstić information content (AvgIpc) is 2.31. The number of rotatable bonds is 3. The second-order valence-corrected chi connectivity index (χ2v) is 4.27. The van der Waals surface area contributed by atoms with E-state index in [1.165, 1.54) is 7.11 Å². The minimum atomic E-state index is -0.472. The summed E-state index contributed by atoms with van der Waals surface area (Å²) in [6.07, 6.45) is 0.515. The van der Waals surface area contributed by atoms with Crippen LogP contribution in [0.3, 0.4) is 0 Å². The van der Waals surface area contributed by atoms with E-state index in [1.54, 1.807) is 6.07 Å². The number of ether oxygens (including phenoxy) is 3. The molecule has 2 rings (SSSR count). The highest BCUT2D eigenvalue weighted by atomic mass is 16.6. The summed E-state index contributed by atoms with van der Waals surface area (Å²) in [4.78, 5) is 12.0. The number of hydrogen-bond acceptors (Lipinski definition) is 5. The van der Waals surface area contributed by atoms with Crippen LogP contribution in [0.25, 0.3) is 0 Å². The Hall–Kier alpha value is -1.75. The molecule has 0 fully saturated rings. The van der Waals surface area contributed by atoms with Gasteiger partial charge in [-0.2, -0.15) is 0 Å². The molecule has 1 aromatic rings. The first-order chi connectivity index (χ1) is 8.58. The highest BCUT2D eigenvalue weighted by Gasteiger charge is 2.31. The number of carbonyl (C=O) groups is 1. The van der Waals surface area contributed by atoms with Gasteiger partial charge in [0.2, 0.25) is 0 Å². The van der Waals surface area contributed by atoms with Gasteiger partial charge in [0.25, 0.3) is 0 Å². The molecule has 1 aromatic carbocycles. The van der Waals surface area contributed by atoms with Crippen molar-refractivity contribution in [3.63, 3.8) is 0 Å². The molecule has 0 saturated heterocycles. The van der Waals surface area contributed by atoms with Crippen molar-refractivity contribution in [1.29, 1.82) is 0 Å². The molecule has 0 radical (unpaired) electrons. The number of aryl methyl sites for hydroxylation is 1. The van der Waals surface area contributed by atoms with Crippen molar-refractivity contribution in [3.8, 4) is 11.5 Å². The Kier molecular flexibility index (Phi) is 3.43. The molecule has 1 aliphatic heterocycles.